The van der Waals surface area contributed by atoms with E-state index in [1.807, 2.05) is 0 Å². The Morgan fingerprint density at radius 2 is 1.56 bits per heavy atom. The van der Waals surface area contributed by atoms with Crippen molar-refractivity contribution in [2.75, 3.05) is 39.3 Å². The average Bonchev–Trinajstić information content (AvgIpc) is 2.80. The Labute approximate surface area is 199 Å². The van der Waals surface area contributed by atoms with E-state index in [1.54, 1.807) is 31.7 Å². The molecule has 0 aliphatic carbocycles. The summed E-state index contributed by atoms with van der Waals surface area (Å²) in [6, 6.07) is 9.76. The summed E-state index contributed by atoms with van der Waals surface area (Å²) in [5.74, 6) is -0.219. The minimum atomic E-state index is -4.36. The Balaban J connectivity index is 1.66. The predicted octanol–water partition coefficient (Wildman–Crippen LogP) is 4.00. The molecular weight excluding hydrogens is 467 g/mol. The van der Waals surface area contributed by atoms with Crippen LogP contribution in [0.4, 0.5) is 13.2 Å². The number of hydrogen-bond acceptors (Lipinski definition) is 4. The van der Waals surface area contributed by atoms with Gasteiger partial charge in [0.2, 0.25) is 10.0 Å². The molecule has 1 saturated heterocycles. The zero-order valence-corrected chi connectivity index (χ0v) is 20.4. The van der Waals surface area contributed by atoms with Crippen molar-refractivity contribution in [3.05, 3.63) is 64.7 Å². The van der Waals surface area contributed by atoms with Gasteiger partial charge in [-0.05, 0) is 42.3 Å². The van der Waals surface area contributed by atoms with Crippen molar-refractivity contribution in [1.82, 2.24) is 14.1 Å². The van der Waals surface area contributed by atoms with Gasteiger partial charge in [-0.3, -0.25) is 9.69 Å². The molecule has 2 aromatic carbocycles. The van der Waals surface area contributed by atoms with Crippen LogP contribution in [-0.2, 0) is 22.7 Å². The van der Waals surface area contributed by atoms with Gasteiger partial charge < -0.3 is 4.90 Å². The summed E-state index contributed by atoms with van der Waals surface area (Å²) in [6.45, 7) is 8.55. The zero-order chi connectivity index (χ0) is 25.1. The van der Waals surface area contributed by atoms with Crippen molar-refractivity contribution < 1.29 is 26.4 Å². The van der Waals surface area contributed by atoms with Gasteiger partial charge in [0.1, 0.15) is 0 Å². The number of hydrogen-bond donors (Lipinski definition) is 0. The molecule has 1 amide bonds. The van der Waals surface area contributed by atoms with Crippen LogP contribution in [0.15, 0.2) is 47.4 Å². The van der Waals surface area contributed by atoms with Crippen molar-refractivity contribution in [3.63, 3.8) is 0 Å². The number of sulfonamides is 1. The third-order valence-corrected chi connectivity index (χ3v) is 8.18. The van der Waals surface area contributed by atoms with Crippen LogP contribution < -0.4 is 0 Å². The Bertz CT molecular complexity index is 1110. The molecule has 1 aliphatic rings. The van der Waals surface area contributed by atoms with Crippen molar-refractivity contribution in [1.29, 1.82) is 0 Å². The summed E-state index contributed by atoms with van der Waals surface area (Å²) >= 11 is 0. The Hall–Kier alpha value is -2.43. The molecule has 0 N–H and O–H groups in total. The van der Waals surface area contributed by atoms with Gasteiger partial charge in [0.15, 0.2) is 0 Å². The second kappa shape index (κ2) is 10.5. The van der Waals surface area contributed by atoms with E-state index >= 15 is 0 Å². The van der Waals surface area contributed by atoms with Crippen LogP contribution in [0.3, 0.4) is 0 Å². The first-order valence-corrected chi connectivity index (χ1v) is 12.7. The standard InChI is InChI=1S/C24H30F3N3O3S/c1-4-30(5-2)34(32,33)21-11-6-18(3)22(16-21)23(31)29-14-12-28(13-15-29)17-19-7-9-20(10-8-19)24(25,26)27/h6-11,16H,4-5,12-15,17H2,1-3H3. The molecule has 186 valence electrons. The van der Waals surface area contributed by atoms with E-state index in [-0.39, 0.29) is 10.8 Å². The highest BCUT2D eigenvalue weighted by molar-refractivity contribution is 7.89. The number of amides is 1. The van der Waals surface area contributed by atoms with Gasteiger partial charge in [-0.15, -0.1) is 0 Å². The number of carbonyl (C=O) groups is 1. The average molecular weight is 498 g/mol. The molecule has 10 heteroatoms. The van der Waals surface area contributed by atoms with Crippen LogP contribution in [0.2, 0.25) is 0 Å². The van der Waals surface area contributed by atoms with E-state index in [0.717, 1.165) is 17.7 Å². The molecule has 0 saturated carbocycles. The molecule has 0 unspecified atom stereocenters. The number of nitrogens with zero attached hydrogens (tertiary/aromatic N) is 3. The van der Waals surface area contributed by atoms with Gasteiger partial charge in [-0.2, -0.15) is 17.5 Å². The molecule has 1 aliphatic heterocycles. The van der Waals surface area contributed by atoms with E-state index in [2.05, 4.69) is 4.90 Å². The van der Waals surface area contributed by atoms with E-state index in [1.165, 1.54) is 28.6 Å². The van der Waals surface area contributed by atoms with E-state index in [0.29, 0.717) is 56.9 Å². The Morgan fingerprint density at radius 3 is 2.09 bits per heavy atom. The maximum atomic E-state index is 13.2. The molecule has 1 heterocycles. The molecular formula is C24H30F3N3O3S. The van der Waals surface area contributed by atoms with E-state index in [4.69, 9.17) is 0 Å². The first-order valence-electron chi connectivity index (χ1n) is 11.3. The lowest BCUT2D eigenvalue weighted by Gasteiger charge is -2.35. The first-order chi connectivity index (χ1) is 16.0. The Kier molecular flexibility index (Phi) is 8.05. The monoisotopic (exact) mass is 497 g/mol. The van der Waals surface area contributed by atoms with Crippen LogP contribution in [-0.4, -0.2) is 67.7 Å². The molecule has 0 spiro atoms. The molecule has 3 rings (SSSR count). The minimum absolute atomic E-state index is 0.103. The summed E-state index contributed by atoms with van der Waals surface area (Å²) in [7, 11) is -3.68. The molecule has 0 radical (unpaired) electrons. The molecule has 0 bridgehead atoms. The van der Waals surface area contributed by atoms with Crippen molar-refractivity contribution >= 4 is 15.9 Å². The largest absolute Gasteiger partial charge is 0.416 e. The fourth-order valence-corrected chi connectivity index (χ4v) is 5.53. The summed E-state index contributed by atoms with van der Waals surface area (Å²) in [5.41, 5.74) is 1.17. The number of halogens is 3. The van der Waals surface area contributed by atoms with Crippen LogP contribution >= 0.6 is 0 Å². The maximum absolute atomic E-state index is 13.2. The van der Waals surface area contributed by atoms with E-state index < -0.39 is 21.8 Å². The van der Waals surface area contributed by atoms with Crippen LogP contribution in [0.5, 0.6) is 0 Å². The van der Waals surface area contributed by atoms with Crippen molar-refractivity contribution in [3.8, 4) is 0 Å². The van der Waals surface area contributed by atoms with Gasteiger partial charge in [-0.25, -0.2) is 8.42 Å². The first kappa shape index (κ1) is 26.2. The lowest BCUT2D eigenvalue weighted by molar-refractivity contribution is -0.137. The fourth-order valence-electron chi connectivity index (χ4n) is 4.04. The fraction of sp³-hybridized carbons (Fsp3) is 0.458. The molecule has 6 nitrogen and oxygen atoms in total. The second-order valence-corrected chi connectivity index (χ2v) is 10.3. The van der Waals surface area contributed by atoms with Gasteiger partial charge in [0, 0.05) is 51.4 Å². The molecule has 1 fully saturated rings. The Morgan fingerprint density at radius 1 is 0.971 bits per heavy atom. The number of rotatable bonds is 7. The van der Waals surface area contributed by atoms with Gasteiger partial charge in [0.25, 0.3) is 5.91 Å². The predicted molar refractivity (Wildman–Crippen MR) is 124 cm³/mol. The quantitative estimate of drug-likeness (QED) is 0.580. The highest BCUT2D eigenvalue weighted by Crippen LogP contribution is 2.29. The summed E-state index contributed by atoms with van der Waals surface area (Å²) < 4.78 is 65.4. The third-order valence-electron chi connectivity index (χ3n) is 6.13. The molecule has 0 aromatic heterocycles. The lowest BCUT2D eigenvalue weighted by atomic mass is 10.1. The highest BCUT2D eigenvalue weighted by Gasteiger charge is 2.30. The summed E-state index contributed by atoms with van der Waals surface area (Å²) in [6.07, 6.45) is -4.36. The zero-order valence-electron chi connectivity index (χ0n) is 19.6. The number of alkyl halides is 3. The topological polar surface area (TPSA) is 60.9 Å². The normalized spacial score (nSPS) is 15.7. The summed E-state index contributed by atoms with van der Waals surface area (Å²) in [4.78, 5) is 17.1. The number of piperazine rings is 1. The van der Waals surface area contributed by atoms with Gasteiger partial charge in [0.05, 0.1) is 10.5 Å². The third kappa shape index (κ3) is 5.79. The van der Waals surface area contributed by atoms with Crippen molar-refractivity contribution in [2.24, 2.45) is 0 Å². The van der Waals surface area contributed by atoms with Gasteiger partial charge >= 0.3 is 6.18 Å². The highest BCUT2D eigenvalue weighted by atomic mass is 32.2. The maximum Gasteiger partial charge on any atom is 0.416 e. The number of aryl methyl sites for hydroxylation is 1. The SMILES string of the molecule is CCN(CC)S(=O)(=O)c1ccc(C)c(C(=O)N2CCN(Cc3ccc(C(F)(F)F)cc3)CC2)c1. The smallest absolute Gasteiger partial charge is 0.336 e. The van der Waals surface area contributed by atoms with Crippen LogP contribution in [0.1, 0.15) is 40.9 Å². The minimum Gasteiger partial charge on any atom is -0.336 e. The number of benzene rings is 2. The van der Waals surface area contributed by atoms with Crippen LogP contribution in [0, 0.1) is 6.92 Å². The van der Waals surface area contributed by atoms with Gasteiger partial charge in [-0.1, -0.05) is 32.0 Å². The second-order valence-electron chi connectivity index (χ2n) is 8.33. The number of carbonyl (C=O) groups excluding carboxylic acids is 1. The van der Waals surface area contributed by atoms with Crippen molar-refractivity contribution in [2.45, 2.75) is 38.4 Å². The molecule has 2 aromatic rings. The molecule has 0 atom stereocenters. The van der Waals surface area contributed by atoms with Crippen LogP contribution in [0.25, 0.3) is 0 Å². The summed E-state index contributed by atoms with van der Waals surface area (Å²) in [5, 5.41) is 0. The lowest BCUT2D eigenvalue weighted by Crippen LogP contribution is -2.48. The molecule has 34 heavy (non-hydrogen) atoms. The van der Waals surface area contributed by atoms with E-state index in [9.17, 15) is 26.4 Å².